The number of halogens is 1. The zero-order valence-corrected chi connectivity index (χ0v) is 16.4. The Bertz CT molecular complexity index is 725. The fourth-order valence-electron chi connectivity index (χ4n) is 3.78. The maximum atomic E-state index is 13.0. The first-order valence-corrected chi connectivity index (χ1v) is 11.2. The van der Waals surface area contributed by atoms with E-state index in [9.17, 15) is 17.6 Å². The second kappa shape index (κ2) is 9.12. The molecule has 150 valence electrons. The van der Waals surface area contributed by atoms with E-state index < -0.39 is 15.8 Å². The van der Waals surface area contributed by atoms with Crippen molar-refractivity contribution in [2.45, 2.75) is 37.0 Å². The molecule has 2 aliphatic rings. The quantitative estimate of drug-likeness (QED) is 0.713. The number of benzene rings is 1. The lowest BCUT2D eigenvalue weighted by Crippen LogP contribution is -2.43. The van der Waals surface area contributed by atoms with E-state index in [2.05, 4.69) is 10.2 Å². The van der Waals surface area contributed by atoms with Gasteiger partial charge >= 0.3 is 0 Å². The molecule has 1 aromatic rings. The SMILES string of the molecule is O=C(NCCCN1CCCC1)C1CCN(S(=O)(=O)c2ccc(F)cc2)CC1. The number of nitrogens with zero attached hydrogens (tertiary/aromatic N) is 2. The topological polar surface area (TPSA) is 69.7 Å². The second-order valence-electron chi connectivity index (χ2n) is 7.33. The van der Waals surface area contributed by atoms with Crippen molar-refractivity contribution in [3.63, 3.8) is 0 Å². The zero-order valence-electron chi connectivity index (χ0n) is 15.6. The highest BCUT2D eigenvalue weighted by atomic mass is 32.2. The molecule has 0 bridgehead atoms. The molecule has 0 radical (unpaired) electrons. The largest absolute Gasteiger partial charge is 0.356 e. The molecule has 0 unspecified atom stereocenters. The van der Waals surface area contributed by atoms with E-state index in [0.29, 0.717) is 32.5 Å². The standard InChI is InChI=1S/C19H28FN3O3S/c20-17-4-6-18(7-5-17)27(25,26)23-14-8-16(9-15-23)19(24)21-10-3-13-22-11-1-2-12-22/h4-7,16H,1-3,8-15H2,(H,21,24). The van der Waals surface area contributed by atoms with E-state index in [-0.39, 0.29) is 16.7 Å². The maximum absolute atomic E-state index is 13.0. The Morgan fingerprint density at radius 1 is 1.07 bits per heavy atom. The van der Waals surface area contributed by atoms with Crippen LogP contribution in [0, 0.1) is 11.7 Å². The van der Waals surface area contributed by atoms with E-state index in [0.717, 1.165) is 38.2 Å². The summed E-state index contributed by atoms with van der Waals surface area (Å²) in [6, 6.07) is 4.86. The average Bonchev–Trinajstić information content (AvgIpc) is 3.19. The van der Waals surface area contributed by atoms with Crippen LogP contribution in [0.1, 0.15) is 32.1 Å². The van der Waals surface area contributed by atoms with Crippen molar-refractivity contribution in [2.75, 3.05) is 39.3 Å². The van der Waals surface area contributed by atoms with Crippen molar-refractivity contribution < 1.29 is 17.6 Å². The molecule has 1 amide bonds. The Kier molecular flexibility index (Phi) is 6.83. The van der Waals surface area contributed by atoms with Gasteiger partial charge in [-0.1, -0.05) is 0 Å². The molecule has 1 N–H and O–H groups in total. The van der Waals surface area contributed by atoms with Gasteiger partial charge in [0.2, 0.25) is 15.9 Å². The normalized spacial score (nSPS) is 20.0. The van der Waals surface area contributed by atoms with Crippen LogP contribution in [0.2, 0.25) is 0 Å². The fraction of sp³-hybridized carbons (Fsp3) is 0.632. The van der Waals surface area contributed by atoms with Crippen LogP contribution in [-0.4, -0.2) is 62.8 Å². The Morgan fingerprint density at radius 2 is 1.70 bits per heavy atom. The first-order chi connectivity index (χ1) is 13.0. The maximum Gasteiger partial charge on any atom is 0.243 e. The number of hydrogen-bond donors (Lipinski definition) is 1. The lowest BCUT2D eigenvalue weighted by atomic mass is 9.97. The number of rotatable bonds is 7. The molecular weight excluding hydrogens is 369 g/mol. The molecular formula is C19H28FN3O3S. The summed E-state index contributed by atoms with van der Waals surface area (Å²) in [5.74, 6) is -0.583. The van der Waals surface area contributed by atoms with Crippen molar-refractivity contribution in [1.29, 1.82) is 0 Å². The molecule has 0 aliphatic carbocycles. The number of nitrogens with one attached hydrogen (secondary N) is 1. The van der Waals surface area contributed by atoms with E-state index >= 15 is 0 Å². The van der Waals surface area contributed by atoms with Crippen LogP contribution in [0.4, 0.5) is 4.39 Å². The second-order valence-corrected chi connectivity index (χ2v) is 9.26. The Balaban J connectivity index is 1.42. The summed E-state index contributed by atoms with van der Waals surface area (Å²) in [6.45, 7) is 4.64. The highest BCUT2D eigenvalue weighted by Gasteiger charge is 2.32. The average molecular weight is 398 g/mol. The van der Waals surface area contributed by atoms with E-state index in [4.69, 9.17) is 0 Å². The van der Waals surface area contributed by atoms with Crippen LogP contribution in [0.3, 0.4) is 0 Å². The zero-order chi connectivity index (χ0) is 19.3. The minimum Gasteiger partial charge on any atom is -0.356 e. The van der Waals surface area contributed by atoms with Gasteiger partial charge in [0.25, 0.3) is 0 Å². The van der Waals surface area contributed by atoms with Gasteiger partial charge in [-0.3, -0.25) is 4.79 Å². The van der Waals surface area contributed by atoms with Crippen LogP contribution in [0.15, 0.2) is 29.2 Å². The number of sulfonamides is 1. The van der Waals surface area contributed by atoms with E-state index in [1.807, 2.05) is 0 Å². The van der Waals surface area contributed by atoms with Gasteiger partial charge < -0.3 is 10.2 Å². The lowest BCUT2D eigenvalue weighted by molar-refractivity contribution is -0.126. The summed E-state index contributed by atoms with van der Waals surface area (Å²) in [5.41, 5.74) is 0. The summed E-state index contributed by atoms with van der Waals surface area (Å²) >= 11 is 0. The third-order valence-corrected chi connectivity index (χ3v) is 7.34. The van der Waals surface area contributed by atoms with E-state index in [1.165, 1.54) is 29.3 Å². The molecule has 2 aliphatic heterocycles. The minimum atomic E-state index is -3.63. The number of carbonyl (C=O) groups is 1. The first-order valence-electron chi connectivity index (χ1n) is 9.72. The van der Waals surface area contributed by atoms with Crippen LogP contribution in [0.25, 0.3) is 0 Å². The molecule has 2 fully saturated rings. The smallest absolute Gasteiger partial charge is 0.243 e. The van der Waals surface area contributed by atoms with Gasteiger partial charge in [0.05, 0.1) is 4.90 Å². The van der Waals surface area contributed by atoms with E-state index in [1.54, 1.807) is 0 Å². The van der Waals surface area contributed by atoms with Crippen molar-refractivity contribution in [1.82, 2.24) is 14.5 Å². The van der Waals surface area contributed by atoms with Crippen LogP contribution in [0.5, 0.6) is 0 Å². The predicted octanol–water partition coefficient (Wildman–Crippen LogP) is 1.83. The Hall–Kier alpha value is -1.51. The summed E-state index contributed by atoms with van der Waals surface area (Å²) in [4.78, 5) is 14.8. The molecule has 8 heteroatoms. The third-order valence-electron chi connectivity index (χ3n) is 5.43. The highest BCUT2D eigenvalue weighted by Crippen LogP contribution is 2.24. The molecule has 0 atom stereocenters. The van der Waals surface area contributed by atoms with Gasteiger partial charge in [0, 0.05) is 25.6 Å². The fourth-order valence-corrected chi connectivity index (χ4v) is 5.25. The van der Waals surface area contributed by atoms with Crippen LogP contribution >= 0.6 is 0 Å². The number of amides is 1. The van der Waals surface area contributed by atoms with Crippen LogP contribution in [-0.2, 0) is 14.8 Å². The number of likely N-dealkylation sites (tertiary alicyclic amines) is 1. The van der Waals surface area contributed by atoms with Crippen molar-refractivity contribution in [2.24, 2.45) is 5.92 Å². The predicted molar refractivity (Wildman–Crippen MR) is 101 cm³/mol. The van der Waals surface area contributed by atoms with Gasteiger partial charge in [-0.05, 0) is 76.0 Å². The molecule has 1 aromatic carbocycles. The Morgan fingerprint density at radius 3 is 2.33 bits per heavy atom. The highest BCUT2D eigenvalue weighted by molar-refractivity contribution is 7.89. The molecule has 0 spiro atoms. The molecule has 2 saturated heterocycles. The Labute approximate surface area is 160 Å². The van der Waals surface area contributed by atoms with Gasteiger partial charge in [-0.2, -0.15) is 4.31 Å². The first kappa shape index (κ1) is 20.2. The van der Waals surface area contributed by atoms with Crippen molar-refractivity contribution >= 4 is 15.9 Å². The minimum absolute atomic E-state index is 0.0234. The molecule has 27 heavy (non-hydrogen) atoms. The molecule has 6 nitrogen and oxygen atoms in total. The summed E-state index contributed by atoms with van der Waals surface area (Å²) in [6.07, 6.45) is 4.51. The number of carbonyl (C=O) groups excluding carboxylic acids is 1. The molecule has 2 heterocycles. The van der Waals surface area contributed by atoms with Crippen molar-refractivity contribution in [3.05, 3.63) is 30.1 Å². The summed E-state index contributed by atoms with van der Waals surface area (Å²) in [7, 11) is -3.63. The monoisotopic (exact) mass is 397 g/mol. The molecule has 0 aromatic heterocycles. The summed E-state index contributed by atoms with van der Waals surface area (Å²) in [5, 5.41) is 2.99. The van der Waals surface area contributed by atoms with Gasteiger partial charge in [-0.25, -0.2) is 12.8 Å². The number of hydrogen-bond acceptors (Lipinski definition) is 4. The lowest BCUT2D eigenvalue weighted by Gasteiger charge is -2.30. The van der Waals surface area contributed by atoms with Gasteiger partial charge in [0.1, 0.15) is 5.82 Å². The van der Waals surface area contributed by atoms with Crippen molar-refractivity contribution in [3.8, 4) is 0 Å². The third kappa shape index (κ3) is 5.27. The number of piperidine rings is 1. The van der Waals surface area contributed by atoms with Crippen LogP contribution < -0.4 is 5.32 Å². The van der Waals surface area contributed by atoms with Gasteiger partial charge in [-0.15, -0.1) is 0 Å². The molecule has 3 rings (SSSR count). The molecule has 0 saturated carbocycles. The summed E-state index contributed by atoms with van der Waals surface area (Å²) < 4.78 is 39.6. The van der Waals surface area contributed by atoms with Gasteiger partial charge in [0.15, 0.2) is 0 Å².